The summed E-state index contributed by atoms with van der Waals surface area (Å²) in [5, 5.41) is 11.5. The molecule has 18 heavy (non-hydrogen) atoms. The first-order chi connectivity index (χ1) is 8.34. The molecule has 0 aromatic heterocycles. The Morgan fingerprint density at radius 1 is 1.61 bits per heavy atom. The number of aliphatic carboxylic acids is 1. The molecule has 0 spiro atoms. The van der Waals surface area contributed by atoms with Crippen molar-refractivity contribution in [3.8, 4) is 0 Å². The summed E-state index contributed by atoms with van der Waals surface area (Å²) < 4.78 is 14.5. The molecule has 2 unspecified atom stereocenters. The summed E-state index contributed by atoms with van der Waals surface area (Å²) in [5.74, 6) is -2.06. The molecule has 4 nitrogen and oxygen atoms in total. The van der Waals surface area contributed by atoms with E-state index in [9.17, 15) is 14.0 Å². The van der Waals surface area contributed by atoms with Gasteiger partial charge in [0, 0.05) is 16.3 Å². The van der Waals surface area contributed by atoms with Gasteiger partial charge < -0.3 is 10.4 Å². The Labute approximate surface area is 111 Å². The topological polar surface area (TPSA) is 66.4 Å². The summed E-state index contributed by atoms with van der Waals surface area (Å²) in [4.78, 5) is 22.6. The van der Waals surface area contributed by atoms with E-state index in [-0.39, 0.29) is 17.9 Å². The second-order valence-corrected chi connectivity index (χ2v) is 5.47. The lowest BCUT2D eigenvalue weighted by Crippen LogP contribution is -2.45. The number of benzene rings is 1. The maximum absolute atomic E-state index is 13.9. The number of carboxylic acid groups (broad SMARTS) is 1. The lowest BCUT2D eigenvalue weighted by molar-refractivity contribution is -0.141. The highest BCUT2D eigenvalue weighted by molar-refractivity contribution is 9.10. The van der Waals surface area contributed by atoms with Crippen LogP contribution in [0.5, 0.6) is 0 Å². The van der Waals surface area contributed by atoms with Crippen molar-refractivity contribution in [3.63, 3.8) is 0 Å². The first-order valence-corrected chi connectivity index (χ1v) is 6.11. The first kappa shape index (κ1) is 13.0. The van der Waals surface area contributed by atoms with Gasteiger partial charge in [0.05, 0.1) is 0 Å². The lowest BCUT2D eigenvalue weighted by Gasteiger charge is -2.28. The van der Waals surface area contributed by atoms with Crippen LogP contribution in [0.1, 0.15) is 18.9 Å². The second kappa shape index (κ2) is 4.35. The van der Waals surface area contributed by atoms with Crippen molar-refractivity contribution in [2.45, 2.75) is 24.8 Å². The first-order valence-electron chi connectivity index (χ1n) is 5.32. The zero-order valence-corrected chi connectivity index (χ0v) is 11.1. The molecule has 2 rings (SSSR count). The van der Waals surface area contributed by atoms with Gasteiger partial charge in [-0.3, -0.25) is 4.79 Å². The number of carbonyl (C=O) groups excluding carboxylic acids is 1. The predicted octanol–water partition coefficient (Wildman–Crippen LogP) is 1.82. The van der Waals surface area contributed by atoms with Gasteiger partial charge >= 0.3 is 5.97 Å². The maximum atomic E-state index is 13.9. The van der Waals surface area contributed by atoms with Gasteiger partial charge in [-0.15, -0.1) is 0 Å². The number of hydrogen-bond donors (Lipinski definition) is 2. The van der Waals surface area contributed by atoms with Crippen molar-refractivity contribution in [1.82, 2.24) is 5.32 Å². The minimum absolute atomic E-state index is 0.0443. The van der Waals surface area contributed by atoms with Crippen LogP contribution in [0.2, 0.25) is 0 Å². The Morgan fingerprint density at radius 3 is 2.89 bits per heavy atom. The van der Waals surface area contributed by atoms with Gasteiger partial charge in [-0.05, 0) is 23.8 Å². The third-order valence-corrected chi connectivity index (χ3v) is 3.75. The van der Waals surface area contributed by atoms with E-state index in [2.05, 4.69) is 21.2 Å². The van der Waals surface area contributed by atoms with Crippen molar-refractivity contribution in [2.75, 3.05) is 0 Å². The molecule has 2 N–H and O–H groups in total. The zero-order valence-electron chi connectivity index (χ0n) is 9.54. The number of nitrogens with one attached hydrogen (secondary N) is 1. The Morgan fingerprint density at radius 2 is 2.28 bits per heavy atom. The highest BCUT2D eigenvalue weighted by Crippen LogP contribution is 2.38. The lowest BCUT2D eigenvalue weighted by atomic mass is 9.75. The quantitative estimate of drug-likeness (QED) is 0.875. The van der Waals surface area contributed by atoms with Gasteiger partial charge in [0.15, 0.2) is 0 Å². The number of rotatable bonds is 2. The van der Waals surface area contributed by atoms with Crippen molar-refractivity contribution < 1.29 is 19.1 Å². The molecule has 1 aliphatic heterocycles. The Bertz CT molecular complexity index is 534. The molecule has 1 heterocycles. The number of halogens is 2. The molecule has 0 aliphatic carbocycles. The van der Waals surface area contributed by atoms with Crippen LogP contribution < -0.4 is 5.32 Å². The SMILES string of the molecule is CC1(c2cc(Br)ccc2F)CC(=O)NC1C(=O)O. The maximum Gasteiger partial charge on any atom is 0.327 e. The van der Waals surface area contributed by atoms with Crippen LogP contribution in [-0.4, -0.2) is 23.0 Å². The fourth-order valence-electron chi connectivity index (χ4n) is 2.33. The predicted molar refractivity (Wildman–Crippen MR) is 65.6 cm³/mol. The average molecular weight is 316 g/mol. The highest BCUT2D eigenvalue weighted by atomic mass is 79.9. The van der Waals surface area contributed by atoms with Crippen LogP contribution >= 0.6 is 15.9 Å². The largest absolute Gasteiger partial charge is 0.480 e. The molecular weight excluding hydrogens is 305 g/mol. The number of carboxylic acids is 1. The third-order valence-electron chi connectivity index (χ3n) is 3.26. The Hall–Kier alpha value is -1.43. The van der Waals surface area contributed by atoms with Gasteiger partial charge in [-0.1, -0.05) is 22.9 Å². The van der Waals surface area contributed by atoms with E-state index in [0.29, 0.717) is 4.47 Å². The van der Waals surface area contributed by atoms with E-state index < -0.39 is 23.2 Å². The molecule has 96 valence electrons. The van der Waals surface area contributed by atoms with Crippen LogP contribution in [0.15, 0.2) is 22.7 Å². The molecule has 1 amide bonds. The fraction of sp³-hybridized carbons (Fsp3) is 0.333. The van der Waals surface area contributed by atoms with Crippen LogP contribution in [0.25, 0.3) is 0 Å². The van der Waals surface area contributed by atoms with Crippen molar-refractivity contribution in [2.24, 2.45) is 0 Å². The molecule has 1 aromatic rings. The Balaban J connectivity index is 2.55. The molecule has 1 saturated heterocycles. The van der Waals surface area contributed by atoms with E-state index in [0.717, 1.165) is 0 Å². The van der Waals surface area contributed by atoms with Gasteiger partial charge in [0.25, 0.3) is 0 Å². The normalized spacial score (nSPS) is 27.1. The third kappa shape index (κ3) is 2.01. The summed E-state index contributed by atoms with van der Waals surface area (Å²) in [5.41, 5.74) is -0.862. The number of hydrogen-bond acceptors (Lipinski definition) is 2. The van der Waals surface area contributed by atoms with E-state index in [4.69, 9.17) is 5.11 Å². The van der Waals surface area contributed by atoms with E-state index in [1.54, 1.807) is 6.92 Å². The molecular formula is C12H11BrFNO3. The van der Waals surface area contributed by atoms with E-state index in [1.807, 2.05) is 0 Å². The van der Waals surface area contributed by atoms with Crippen LogP contribution in [-0.2, 0) is 15.0 Å². The second-order valence-electron chi connectivity index (χ2n) is 4.56. The van der Waals surface area contributed by atoms with Gasteiger partial charge in [-0.2, -0.15) is 0 Å². The zero-order chi connectivity index (χ0) is 13.5. The minimum Gasteiger partial charge on any atom is -0.480 e. The summed E-state index contributed by atoms with van der Waals surface area (Å²) in [6.07, 6.45) is -0.0443. The average Bonchev–Trinajstić information content (AvgIpc) is 2.59. The monoisotopic (exact) mass is 315 g/mol. The standard InChI is InChI=1S/C12H11BrFNO3/c1-12(5-9(16)15-10(12)11(17)18)7-4-6(13)2-3-8(7)14/h2-4,10H,5H2,1H3,(H,15,16)(H,17,18). The van der Waals surface area contributed by atoms with Gasteiger partial charge in [-0.25, -0.2) is 9.18 Å². The van der Waals surface area contributed by atoms with Crippen LogP contribution in [0.3, 0.4) is 0 Å². The molecule has 6 heteroatoms. The van der Waals surface area contributed by atoms with Crippen molar-refractivity contribution >= 4 is 27.8 Å². The van der Waals surface area contributed by atoms with E-state index >= 15 is 0 Å². The highest BCUT2D eigenvalue weighted by Gasteiger charge is 2.49. The number of carbonyl (C=O) groups is 2. The van der Waals surface area contributed by atoms with Gasteiger partial charge in [0.1, 0.15) is 11.9 Å². The summed E-state index contributed by atoms with van der Waals surface area (Å²) >= 11 is 3.22. The van der Waals surface area contributed by atoms with Crippen molar-refractivity contribution in [3.05, 3.63) is 34.1 Å². The summed E-state index contributed by atoms with van der Waals surface area (Å²) in [7, 11) is 0. The summed E-state index contributed by atoms with van der Waals surface area (Å²) in [6, 6.07) is 3.19. The smallest absolute Gasteiger partial charge is 0.327 e. The molecule has 0 radical (unpaired) electrons. The molecule has 1 aromatic carbocycles. The molecule has 1 fully saturated rings. The summed E-state index contributed by atoms with van der Waals surface area (Å²) in [6.45, 7) is 1.58. The van der Waals surface area contributed by atoms with Gasteiger partial charge in [0.2, 0.25) is 5.91 Å². The Kier molecular flexibility index (Phi) is 3.14. The van der Waals surface area contributed by atoms with Crippen LogP contribution in [0, 0.1) is 5.82 Å². The molecule has 0 saturated carbocycles. The molecule has 1 aliphatic rings. The van der Waals surface area contributed by atoms with Crippen LogP contribution in [0.4, 0.5) is 4.39 Å². The molecule has 2 atom stereocenters. The number of amides is 1. The minimum atomic E-state index is -1.16. The fourth-order valence-corrected chi connectivity index (χ4v) is 2.69. The van der Waals surface area contributed by atoms with E-state index in [1.165, 1.54) is 18.2 Å². The van der Waals surface area contributed by atoms with Crippen molar-refractivity contribution in [1.29, 1.82) is 0 Å². The molecule has 0 bridgehead atoms.